The number of pyridine rings is 1. The quantitative estimate of drug-likeness (QED) is 0.685. The molecule has 0 aliphatic rings. The van der Waals surface area contributed by atoms with E-state index < -0.39 is 11.8 Å². The van der Waals surface area contributed by atoms with Gasteiger partial charge in [-0.05, 0) is 42.5 Å². The monoisotopic (exact) mass is 389 g/mol. The van der Waals surface area contributed by atoms with E-state index >= 15 is 0 Å². The Balaban J connectivity index is 1.70. The third-order valence-electron chi connectivity index (χ3n) is 3.39. The third-order valence-corrected chi connectivity index (χ3v) is 3.96. The lowest BCUT2D eigenvalue weighted by molar-refractivity contribution is 0.0943. The molecule has 2 N–H and O–H groups in total. The van der Waals surface area contributed by atoms with Crippen molar-refractivity contribution in [3.8, 4) is 0 Å². The van der Waals surface area contributed by atoms with Crippen LogP contribution in [0.4, 0.5) is 5.69 Å². The van der Waals surface area contributed by atoms with Crippen molar-refractivity contribution in [1.82, 2.24) is 10.3 Å². The molecule has 0 aliphatic carbocycles. The van der Waals surface area contributed by atoms with Crippen LogP contribution in [-0.2, 0) is 6.54 Å². The summed E-state index contributed by atoms with van der Waals surface area (Å²) in [6.07, 6.45) is 1.52. The van der Waals surface area contributed by atoms with E-state index in [1.165, 1.54) is 24.5 Å². The van der Waals surface area contributed by atoms with E-state index in [4.69, 9.17) is 27.6 Å². The summed E-state index contributed by atoms with van der Waals surface area (Å²) in [6, 6.07) is 12.8. The summed E-state index contributed by atoms with van der Waals surface area (Å²) in [7, 11) is 0. The Morgan fingerprint density at radius 2 is 1.77 bits per heavy atom. The van der Waals surface area contributed by atoms with Gasteiger partial charge >= 0.3 is 0 Å². The molecule has 2 amide bonds. The van der Waals surface area contributed by atoms with Gasteiger partial charge in [0.2, 0.25) is 0 Å². The first kappa shape index (κ1) is 18.0. The van der Waals surface area contributed by atoms with Gasteiger partial charge in [-0.3, -0.25) is 9.59 Å². The van der Waals surface area contributed by atoms with E-state index in [2.05, 4.69) is 15.6 Å². The summed E-state index contributed by atoms with van der Waals surface area (Å²) >= 11 is 11.9. The first-order chi connectivity index (χ1) is 12.5. The molecule has 132 valence electrons. The number of rotatable bonds is 5. The van der Waals surface area contributed by atoms with E-state index in [0.29, 0.717) is 21.5 Å². The Bertz CT molecular complexity index is 943. The van der Waals surface area contributed by atoms with Gasteiger partial charge in [-0.15, -0.1) is 0 Å². The number of hydrogen-bond donors (Lipinski definition) is 2. The molecule has 0 fully saturated rings. The average Bonchev–Trinajstić information content (AvgIpc) is 3.16. The molecule has 1 aromatic carbocycles. The Labute approximate surface area is 159 Å². The van der Waals surface area contributed by atoms with Crippen LogP contribution in [0, 0.1) is 0 Å². The van der Waals surface area contributed by atoms with Crippen LogP contribution >= 0.6 is 23.2 Å². The molecule has 0 atom stereocenters. The van der Waals surface area contributed by atoms with Gasteiger partial charge in [0, 0.05) is 5.02 Å². The largest absolute Gasteiger partial charge is 0.467 e. The van der Waals surface area contributed by atoms with E-state index in [-0.39, 0.29) is 17.9 Å². The second-order valence-electron chi connectivity index (χ2n) is 5.25. The van der Waals surface area contributed by atoms with Crippen LogP contribution in [0.5, 0.6) is 0 Å². The molecule has 0 aliphatic heterocycles. The van der Waals surface area contributed by atoms with Crippen molar-refractivity contribution in [2.24, 2.45) is 0 Å². The van der Waals surface area contributed by atoms with Crippen molar-refractivity contribution >= 4 is 40.7 Å². The van der Waals surface area contributed by atoms with E-state index in [9.17, 15) is 9.59 Å². The van der Waals surface area contributed by atoms with Crippen molar-refractivity contribution in [3.05, 3.63) is 82.0 Å². The summed E-state index contributed by atoms with van der Waals surface area (Å²) in [6.45, 7) is 0.224. The Morgan fingerprint density at radius 1 is 1.00 bits per heavy atom. The van der Waals surface area contributed by atoms with Gasteiger partial charge in [0.25, 0.3) is 11.8 Å². The molecule has 0 radical (unpaired) electrons. The van der Waals surface area contributed by atoms with Gasteiger partial charge in [0.15, 0.2) is 0 Å². The fourth-order valence-corrected chi connectivity index (χ4v) is 2.48. The zero-order chi connectivity index (χ0) is 18.5. The number of anilines is 1. The standard InChI is InChI=1S/C18H13Cl2N3O3/c19-11-6-7-13(20)16(9-11)23-18(25)15-5-1-4-14(22-15)17(24)21-10-12-3-2-8-26-12/h1-9H,10H2,(H,21,24)(H,23,25). The minimum absolute atomic E-state index is 0.0756. The number of amides is 2. The predicted octanol–water partition coefficient (Wildman–Crippen LogP) is 4.16. The second-order valence-corrected chi connectivity index (χ2v) is 6.09. The molecule has 0 spiro atoms. The maximum absolute atomic E-state index is 12.4. The van der Waals surface area contributed by atoms with Crippen molar-refractivity contribution in [2.75, 3.05) is 5.32 Å². The summed E-state index contributed by atoms with van der Waals surface area (Å²) in [5.74, 6) is -0.311. The lowest BCUT2D eigenvalue weighted by Crippen LogP contribution is -2.25. The van der Waals surface area contributed by atoms with Gasteiger partial charge in [0.1, 0.15) is 17.1 Å². The van der Waals surface area contributed by atoms with Gasteiger partial charge < -0.3 is 15.1 Å². The van der Waals surface area contributed by atoms with Gasteiger partial charge in [-0.2, -0.15) is 0 Å². The highest BCUT2D eigenvalue weighted by atomic mass is 35.5. The van der Waals surface area contributed by atoms with Crippen LogP contribution < -0.4 is 10.6 Å². The zero-order valence-corrected chi connectivity index (χ0v) is 14.8. The summed E-state index contributed by atoms with van der Waals surface area (Å²) in [5, 5.41) is 6.07. The van der Waals surface area contributed by atoms with E-state index in [0.717, 1.165) is 0 Å². The minimum atomic E-state index is -0.505. The van der Waals surface area contributed by atoms with Crippen LogP contribution in [-0.4, -0.2) is 16.8 Å². The Hall–Kier alpha value is -2.83. The van der Waals surface area contributed by atoms with Gasteiger partial charge in [-0.25, -0.2) is 4.98 Å². The van der Waals surface area contributed by atoms with Crippen LogP contribution in [0.15, 0.2) is 59.2 Å². The highest BCUT2D eigenvalue weighted by Gasteiger charge is 2.14. The molecule has 8 heteroatoms. The molecular weight excluding hydrogens is 377 g/mol. The summed E-state index contributed by atoms with van der Waals surface area (Å²) in [4.78, 5) is 28.7. The van der Waals surface area contributed by atoms with E-state index in [1.54, 1.807) is 30.3 Å². The SMILES string of the molecule is O=C(NCc1ccco1)c1cccc(C(=O)Nc2cc(Cl)ccc2Cl)n1. The smallest absolute Gasteiger partial charge is 0.274 e. The van der Waals surface area contributed by atoms with Gasteiger partial charge in [0.05, 0.1) is 23.5 Å². The minimum Gasteiger partial charge on any atom is -0.467 e. The molecule has 3 rings (SSSR count). The first-order valence-electron chi connectivity index (χ1n) is 7.57. The lowest BCUT2D eigenvalue weighted by Gasteiger charge is -2.08. The number of aromatic nitrogens is 1. The number of carbonyl (C=O) groups excluding carboxylic acids is 2. The fourth-order valence-electron chi connectivity index (χ4n) is 2.14. The van der Waals surface area contributed by atoms with E-state index in [1.807, 2.05) is 0 Å². The maximum atomic E-state index is 12.4. The number of carbonyl (C=O) groups is 2. The number of nitrogens with zero attached hydrogens (tertiary/aromatic N) is 1. The number of halogens is 2. The summed E-state index contributed by atoms with van der Waals surface area (Å²) in [5.41, 5.74) is 0.548. The third kappa shape index (κ3) is 4.41. The molecule has 6 nitrogen and oxygen atoms in total. The fraction of sp³-hybridized carbons (Fsp3) is 0.0556. The number of benzene rings is 1. The molecule has 3 aromatic rings. The second kappa shape index (κ2) is 8.03. The van der Waals surface area contributed by atoms with Gasteiger partial charge in [-0.1, -0.05) is 29.3 Å². The van der Waals surface area contributed by atoms with Crippen LogP contribution in [0.25, 0.3) is 0 Å². The van der Waals surface area contributed by atoms with Crippen molar-refractivity contribution in [1.29, 1.82) is 0 Å². The predicted molar refractivity (Wildman–Crippen MR) is 98.5 cm³/mol. The van der Waals surface area contributed by atoms with Crippen molar-refractivity contribution < 1.29 is 14.0 Å². The van der Waals surface area contributed by atoms with Crippen molar-refractivity contribution in [3.63, 3.8) is 0 Å². The number of furan rings is 1. The molecule has 0 unspecified atom stereocenters. The lowest BCUT2D eigenvalue weighted by atomic mass is 10.2. The highest BCUT2D eigenvalue weighted by molar-refractivity contribution is 6.35. The number of hydrogen-bond acceptors (Lipinski definition) is 4. The topological polar surface area (TPSA) is 84.2 Å². The molecule has 0 saturated carbocycles. The molecule has 0 bridgehead atoms. The summed E-state index contributed by atoms with van der Waals surface area (Å²) < 4.78 is 5.15. The normalized spacial score (nSPS) is 10.4. The molecule has 0 saturated heterocycles. The highest BCUT2D eigenvalue weighted by Crippen LogP contribution is 2.25. The van der Waals surface area contributed by atoms with Crippen LogP contribution in [0.3, 0.4) is 0 Å². The zero-order valence-electron chi connectivity index (χ0n) is 13.3. The molecular formula is C18H13Cl2N3O3. The Morgan fingerprint density at radius 3 is 2.50 bits per heavy atom. The first-order valence-corrected chi connectivity index (χ1v) is 8.32. The van der Waals surface area contributed by atoms with Crippen LogP contribution in [0.1, 0.15) is 26.7 Å². The average molecular weight is 390 g/mol. The molecule has 26 heavy (non-hydrogen) atoms. The Kier molecular flexibility index (Phi) is 5.55. The number of nitrogens with one attached hydrogen (secondary N) is 2. The molecule has 2 aromatic heterocycles. The van der Waals surface area contributed by atoms with Crippen molar-refractivity contribution in [2.45, 2.75) is 6.54 Å². The van der Waals surface area contributed by atoms with Crippen LogP contribution in [0.2, 0.25) is 10.0 Å². The maximum Gasteiger partial charge on any atom is 0.274 e. The molecule has 2 heterocycles.